The molecular weight excluding hydrogens is 277 g/mol. The van der Waals surface area contributed by atoms with E-state index in [9.17, 15) is 9.18 Å². The summed E-state index contributed by atoms with van der Waals surface area (Å²) in [6.45, 7) is 3.99. The number of amides is 1. The van der Waals surface area contributed by atoms with Gasteiger partial charge in [-0.1, -0.05) is 0 Å². The average Bonchev–Trinajstić information content (AvgIpc) is 2.86. The highest BCUT2D eigenvalue weighted by atomic mass is 32.2. The lowest BCUT2D eigenvalue weighted by molar-refractivity contribution is -0.113. The predicted molar refractivity (Wildman–Crippen MR) is 78.4 cm³/mol. The number of carbonyl (C=O) groups excluding carboxylic acids is 1. The summed E-state index contributed by atoms with van der Waals surface area (Å²) in [5.41, 5.74) is 0. The standard InChI is InChI=1S/C14H16FN3OS/c1-10(2)18-13(7-8-16-18)17-14(19)9-20-12-5-3-11(15)4-6-12/h3-8,10H,9H2,1-2H3,(H,17,19). The number of benzene rings is 1. The molecule has 1 amide bonds. The molecule has 0 aliphatic heterocycles. The molecule has 6 heteroatoms. The van der Waals surface area contributed by atoms with Crippen LogP contribution in [0.5, 0.6) is 0 Å². The first-order chi connectivity index (χ1) is 9.56. The monoisotopic (exact) mass is 293 g/mol. The van der Waals surface area contributed by atoms with Gasteiger partial charge in [-0.2, -0.15) is 5.10 Å². The molecule has 0 saturated carbocycles. The van der Waals surface area contributed by atoms with Crippen LogP contribution in [-0.2, 0) is 4.79 Å². The molecule has 106 valence electrons. The molecule has 0 atom stereocenters. The number of carbonyl (C=O) groups is 1. The minimum atomic E-state index is -0.278. The zero-order chi connectivity index (χ0) is 14.5. The molecule has 4 nitrogen and oxygen atoms in total. The van der Waals surface area contributed by atoms with Gasteiger partial charge in [0, 0.05) is 17.0 Å². The summed E-state index contributed by atoms with van der Waals surface area (Å²) in [6.07, 6.45) is 1.66. The Balaban J connectivity index is 1.89. The fourth-order valence-electron chi connectivity index (χ4n) is 1.68. The Labute approximate surface area is 121 Å². The van der Waals surface area contributed by atoms with Crippen LogP contribution in [0.25, 0.3) is 0 Å². The Morgan fingerprint density at radius 1 is 1.35 bits per heavy atom. The predicted octanol–water partition coefficient (Wildman–Crippen LogP) is 3.33. The first-order valence-electron chi connectivity index (χ1n) is 6.28. The van der Waals surface area contributed by atoms with E-state index in [4.69, 9.17) is 0 Å². The van der Waals surface area contributed by atoms with E-state index in [-0.39, 0.29) is 23.5 Å². The van der Waals surface area contributed by atoms with Crippen LogP contribution in [0.4, 0.5) is 10.2 Å². The van der Waals surface area contributed by atoms with Gasteiger partial charge in [0.1, 0.15) is 11.6 Å². The second kappa shape index (κ2) is 6.56. The van der Waals surface area contributed by atoms with Crippen molar-refractivity contribution in [2.75, 3.05) is 11.1 Å². The molecule has 2 rings (SSSR count). The summed E-state index contributed by atoms with van der Waals surface area (Å²) in [5.74, 6) is 0.570. The normalized spacial score (nSPS) is 10.8. The van der Waals surface area contributed by atoms with Gasteiger partial charge in [0.05, 0.1) is 11.9 Å². The minimum Gasteiger partial charge on any atom is -0.310 e. The van der Waals surface area contributed by atoms with Crippen LogP contribution in [0, 0.1) is 5.82 Å². The lowest BCUT2D eigenvalue weighted by atomic mass is 10.4. The second-order valence-electron chi connectivity index (χ2n) is 4.55. The first-order valence-corrected chi connectivity index (χ1v) is 7.26. The molecule has 0 bridgehead atoms. The molecule has 1 aromatic carbocycles. The molecule has 0 radical (unpaired) electrons. The summed E-state index contributed by atoms with van der Waals surface area (Å²) in [6, 6.07) is 8.03. The van der Waals surface area contributed by atoms with E-state index in [1.54, 1.807) is 29.1 Å². The van der Waals surface area contributed by atoms with Gasteiger partial charge in [0.15, 0.2) is 0 Å². The molecule has 0 aliphatic carbocycles. The third kappa shape index (κ3) is 3.84. The highest BCUT2D eigenvalue weighted by molar-refractivity contribution is 8.00. The number of halogens is 1. The largest absolute Gasteiger partial charge is 0.310 e. The Morgan fingerprint density at radius 3 is 2.70 bits per heavy atom. The number of nitrogens with one attached hydrogen (secondary N) is 1. The molecule has 2 aromatic rings. The fourth-order valence-corrected chi connectivity index (χ4v) is 2.38. The van der Waals surface area contributed by atoms with Crippen molar-refractivity contribution in [1.29, 1.82) is 0 Å². The van der Waals surface area contributed by atoms with Crippen molar-refractivity contribution >= 4 is 23.5 Å². The molecule has 0 aliphatic rings. The molecule has 20 heavy (non-hydrogen) atoms. The molecular formula is C14H16FN3OS. The Bertz CT molecular complexity index is 580. The average molecular weight is 293 g/mol. The molecule has 1 N–H and O–H groups in total. The maximum Gasteiger partial charge on any atom is 0.235 e. The van der Waals surface area contributed by atoms with Gasteiger partial charge >= 0.3 is 0 Å². The van der Waals surface area contributed by atoms with Crippen LogP contribution in [0.1, 0.15) is 19.9 Å². The minimum absolute atomic E-state index is 0.110. The van der Waals surface area contributed by atoms with Crippen molar-refractivity contribution in [2.24, 2.45) is 0 Å². The Morgan fingerprint density at radius 2 is 2.05 bits per heavy atom. The van der Waals surface area contributed by atoms with Crippen molar-refractivity contribution in [1.82, 2.24) is 9.78 Å². The number of hydrogen-bond donors (Lipinski definition) is 1. The van der Waals surface area contributed by atoms with Crippen LogP contribution in [0.15, 0.2) is 41.4 Å². The van der Waals surface area contributed by atoms with E-state index in [1.807, 2.05) is 13.8 Å². The van der Waals surface area contributed by atoms with E-state index in [2.05, 4.69) is 10.4 Å². The zero-order valence-electron chi connectivity index (χ0n) is 11.3. The topological polar surface area (TPSA) is 46.9 Å². The quantitative estimate of drug-likeness (QED) is 0.860. The summed E-state index contributed by atoms with van der Waals surface area (Å²) < 4.78 is 14.5. The number of anilines is 1. The zero-order valence-corrected chi connectivity index (χ0v) is 12.2. The molecule has 1 aromatic heterocycles. The summed E-state index contributed by atoms with van der Waals surface area (Å²) in [4.78, 5) is 12.7. The maximum atomic E-state index is 12.8. The van der Waals surface area contributed by atoms with Gasteiger partial charge < -0.3 is 5.32 Å². The van der Waals surface area contributed by atoms with Gasteiger partial charge in [-0.25, -0.2) is 9.07 Å². The molecule has 0 spiro atoms. The smallest absolute Gasteiger partial charge is 0.235 e. The van der Waals surface area contributed by atoms with Crippen molar-refractivity contribution in [3.8, 4) is 0 Å². The van der Waals surface area contributed by atoms with Gasteiger partial charge in [0.25, 0.3) is 0 Å². The fraction of sp³-hybridized carbons (Fsp3) is 0.286. The second-order valence-corrected chi connectivity index (χ2v) is 5.59. The van der Waals surface area contributed by atoms with E-state index in [0.717, 1.165) is 4.90 Å². The van der Waals surface area contributed by atoms with Gasteiger partial charge in [-0.15, -0.1) is 11.8 Å². The SMILES string of the molecule is CC(C)n1nccc1NC(=O)CSc1ccc(F)cc1. The number of rotatable bonds is 5. The number of thioether (sulfide) groups is 1. The lowest BCUT2D eigenvalue weighted by Crippen LogP contribution is -2.18. The Kier molecular flexibility index (Phi) is 4.79. The van der Waals surface area contributed by atoms with Crippen LogP contribution >= 0.6 is 11.8 Å². The maximum absolute atomic E-state index is 12.8. The Hall–Kier alpha value is -1.82. The summed E-state index contributed by atoms with van der Waals surface area (Å²) in [7, 11) is 0. The highest BCUT2D eigenvalue weighted by Gasteiger charge is 2.09. The summed E-state index contributed by atoms with van der Waals surface area (Å²) in [5, 5.41) is 6.97. The summed E-state index contributed by atoms with van der Waals surface area (Å²) >= 11 is 1.36. The van der Waals surface area contributed by atoms with Crippen molar-refractivity contribution in [2.45, 2.75) is 24.8 Å². The number of hydrogen-bond acceptors (Lipinski definition) is 3. The van der Waals surface area contributed by atoms with E-state index < -0.39 is 0 Å². The van der Waals surface area contributed by atoms with Crippen LogP contribution in [0.3, 0.4) is 0 Å². The van der Waals surface area contributed by atoms with Crippen molar-refractivity contribution < 1.29 is 9.18 Å². The van der Waals surface area contributed by atoms with Crippen LogP contribution in [-0.4, -0.2) is 21.4 Å². The van der Waals surface area contributed by atoms with Gasteiger partial charge in [-0.05, 0) is 38.1 Å². The van der Waals surface area contributed by atoms with Crippen molar-refractivity contribution in [3.63, 3.8) is 0 Å². The molecule has 0 unspecified atom stereocenters. The number of aromatic nitrogens is 2. The van der Waals surface area contributed by atoms with E-state index in [0.29, 0.717) is 5.82 Å². The molecule has 0 fully saturated rings. The number of nitrogens with zero attached hydrogens (tertiary/aromatic N) is 2. The van der Waals surface area contributed by atoms with E-state index >= 15 is 0 Å². The highest BCUT2D eigenvalue weighted by Crippen LogP contribution is 2.19. The van der Waals surface area contributed by atoms with Crippen LogP contribution < -0.4 is 5.32 Å². The van der Waals surface area contributed by atoms with Gasteiger partial charge in [0.2, 0.25) is 5.91 Å². The third-order valence-corrected chi connectivity index (χ3v) is 3.62. The first kappa shape index (κ1) is 14.6. The van der Waals surface area contributed by atoms with E-state index in [1.165, 1.54) is 23.9 Å². The van der Waals surface area contributed by atoms with Crippen LogP contribution in [0.2, 0.25) is 0 Å². The van der Waals surface area contributed by atoms with Gasteiger partial charge in [-0.3, -0.25) is 4.79 Å². The molecule has 1 heterocycles. The third-order valence-electron chi connectivity index (χ3n) is 2.61. The lowest BCUT2D eigenvalue weighted by Gasteiger charge is -2.11. The molecule has 0 saturated heterocycles. The van der Waals surface area contributed by atoms with Crippen molar-refractivity contribution in [3.05, 3.63) is 42.3 Å².